The van der Waals surface area contributed by atoms with Crippen LogP contribution in [0.3, 0.4) is 0 Å². The van der Waals surface area contributed by atoms with Crippen molar-refractivity contribution in [1.29, 1.82) is 0 Å². The van der Waals surface area contributed by atoms with Crippen LogP contribution < -0.4 is 5.32 Å². The topological polar surface area (TPSA) is 52.6 Å². The highest BCUT2D eigenvalue weighted by molar-refractivity contribution is 5.94. The molecule has 2 N–H and O–H groups in total. The van der Waals surface area contributed by atoms with Gasteiger partial charge in [0, 0.05) is 12.2 Å². The van der Waals surface area contributed by atoms with E-state index in [1.54, 1.807) is 0 Å². The lowest BCUT2D eigenvalue weighted by Crippen LogP contribution is -2.41. The first-order valence-corrected chi connectivity index (χ1v) is 7.83. The summed E-state index contributed by atoms with van der Waals surface area (Å²) in [6, 6.07) is 7.82. The first-order valence-electron chi connectivity index (χ1n) is 7.83. The number of nitrogens with zero attached hydrogens (tertiary/aromatic N) is 1. The predicted molar refractivity (Wildman–Crippen MR) is 85.3 cm³/mol. The van der Waals surface area contributed by atoms with Gasteiger partial charge in [-0.2, -0.15) is 0 Å². The molecule has 1 fully saturated rings. The Morgan fingerprint density at radius 3 is 2.57 bits per heavy atom. The van der Waals surface area contributed by atoms with E-state index in [0.29, 0.717) is 0 Å². The molecule has 0 saturated carbocycles. The van der Waals surface area contributed by atoms with Crippen molar-refractivity contribution in [2.24, 2.45) is 5.92 Å². The average Bonchev–Trinajstić information content (AvgIpc) is 2.97. The number of aliphatic hydroxyl groups excluding tert-OH is 1. The summed E-state index contributed by atoms with van der Waals surface area (Å²) in [6.07, 6.45) is 1.66. The van der Waals surface area contributed by atoms with Gasteiger partial charge in [-0.25, -0.2) is 0 Å². The maximum Gasteiger partial charge on any atom is 0.241 e. The fourth-order valence-corrected chi connectivity index (χ4v) is 2.80. The van der Waals surface area contributed by atoms with Gasteiger partial charge in [-0.3, -0.25) is 9.69 Å². The number of anilines is 1. The van der Waals surface area contributed by atoms with Crippen LogP contribution in [0, 0.1) is 5.92 Å². The van der Waals surface area contributed by atoms with Crippen LogP contribution in [0.15, 0.2) is 24.3 Å². The zero-order valence-corrected chi connectivity index (χ0v) is 13.2. The van der Waals surface area contributed by atoms with Crippen molar-refractivity contribution in [2.75, 3.05) is 18.4 Å². The monoisotopic (exact) mass is 290 g/mol. The fraction of sp³-hybridized carbons (Fsp3) is 0.588. The van der Waals surface area contributed by atoms with E-state index in [1.807, 2.05) is 38.1 Å². The van der Waals surface area contributed by atoms with E-state index >= 15 is 0 Å². The first-order chi connectivity index (χ1) is 10.0. The molecule has 0 radical (unpaired) electrons. The molecule has 3 atom stereocenters. The zero-order chi connectivity index (χ0) is 15.4. The lowest BCUT2D eigenvalue weighted by molar-refractivity contribution is -0.120. The summed E-state index contributed by atoms with van der Waals surface area (Å²) in [6.45, 7) is 7.54. The van der Waals surface area contributed by atoms with E-state index in [0.717, 1.165) is 31.6 Å². The Morgan fingerprint density at radius 1 is 1.38 bits per heavy atom. The number of carbonyl (C=O) groups excluding carboxylic acids is 1. The Kier molecular flexibility index (Phi) is 5.37. The minimum atomic E-state index is -0.299. The molecule has 1 aliphatic heterocycles. The molecule has 1 saturated heterocycles. The smallest absolute Gasteiger partial charge is 0.241 e. The molecule has 1 amide bonds. The van der Waals surface area contributed by atoms with Gasteiger partial charge in [0.2, 0.25) is 5.91 Å². The second kappa shape index (κ2) is 7.05. The lowest BCUT2D eigenvalue weighted by Gasteiger charge is -2.24. The van der Waals surface area contributed by atoms with Gasteiger partial charge >= 0.3 is 0 Å². The molecular formula is C17H26N2O2. The number of nitrogens with one attached hydrogen (secondary N) is 1. The number of likely N-dealkylation sites (tertiary alicyclic amines) is 1. The largest absolute Gasteiger partial charge is 0.393 e. The molecule has 0 aromatic heterocycles. The maximum atomic E-state index is 12.3. The summed E-state index contributed by atoms with van der Waals surface area (Å²) in [5.41, 5.74) is 2.11. The van der Waals surface area contributed by atoms with Gasteiger partial charge in [-0.15, -0.1) is 0 Å². The number of benzene rings is 1. The Balaban J connectivity index is 1.90. The molecule has 116 valence electrons. The third kappa shape index (κ3) is 4.05. The van der Waals surface area contributed by atoms with Gasteiger partial charge in [0.15, 0.2) is 0 Å². The molecule has 3 unspecified atom stereocenters. The Hall–Kier alpha value is -1.39. The van der Waals surface area contributed by atoms with Crippen molar-refractivity contribution in [3.05, 3.63) is 29.8 Å². The summed E-state index contributed by atoms with van der Waals surface area (Å²) < 4.78 is 0. The quantitative estimate of drug-likeness (QED) is 0.875. The van der Waals surface area contributed by atoms with Crippen molar-refractivity contribution >= 4 is 11.6 Å². The molecule has 1 heterocycles. The van der Waals surface area contributed by atoms with Gasteiger partial charge in [-0.05, 0) is 56.8 Å². The van der Waals surface area contributed by atoms with Crippen LogP contribution in [0.5, 0.6) is 0 Å². The van der Waals surface area contributed by atoms with Crippen LogP contribution in [0.25, 0.3) is 0 Å². The van der Waals surface area contributed by atoms with E-state index in [2.05, 4.69) is 17.1 Å². The average molecular weight is 290 g/mol. The van der Waals surface area contributed by atoms with Crippen LogP contribution >= 0.6 is 0 Å². The van der Waals surface area contributed by atoms with E-state index < -0.39 is 0 Å². The number of hydrogen-bond acceptors (Lipinski definition) is 3. The Labute approximate surface area is 127 Å². The Morgan fingerprint density at radius 2 is 2.05 bits per heavy atom. The summed E-state index contributed by atoms with van der Waals surface area (Å²) in [7, 11) is 0. The number of amides is 1. The molecule has 4 nitrogen and oxygen atoms in total. The molecule has 0 bridgehead atoms. The second-order valence-corrected chi connectivity index (χ2v) is 6.00. The molecule has 4 heteroatoms. The molecule has 21 heavy (non-hydrogen) atoms. The van der Waals surface area contributed by atoms with E-state index in [1.165, 1.54) is 5.56 Å². The van der Waals surface area contributed by atoms with Crippen molar-refractivity contribution in [1.82, 2.24) is 4.90 Å². The van der Waals surface area contributed by atoms with Gasteiger partial charge in [0.25, 0.3) is 0 Å². The van der Waals surface area contributed by atoms with Crippen LogP contribution in [0.4, 0.5) is 5.69 Å². The maximum absolute atomic E-state index is 12.3. The number of aliphatic hydroxyl groups is 1. The minimum Gasteiger partial charge on any atom is -0.393 e. The summed E-state index contributed by atoms with van der Waals surface area (Å²) in [5.74, 6) is 0.301. The number of rotatable bonds is 5. The minimum absolute atomic E-state index is 0.0190. The number of hydrogen-bond donors (Lipinski definition) is 2. The Bertz CT molecular complexity index is 470. The predicted octanol–water partition coefficient (Wildman–Crippen LogP) is 2.28. The molecule has 0 aliphatic carbocycles. The standard InChI is InChI=1S/C17H26N2O2/c1-4-14-5-7-16(8-6-14)18-17(21)12(2)19-10-9-15(11-19)13(3)20/h5-8,12-13,15,20H,4,9-11H2,1-3H3,(H,18,21). The highest BCUT2D eigenvalue weighted by atomic mass is 16.3. The van der Waals surface area contributed by atoms with Gasteiger partial charge in [0.1, 0.15) is 0 Å². The highest BCUT2D eigenvalue weighted by Gasteiger charge is 2.31. The molecule has 0 spiro atoms. The number of carbonyl (C=O) groups is 1. The van der Waals surface area contributed by atoms with E-state index in [9.17, 15) is 9.90 Å². The number of aryl methyl sites for hydroxylation is 1. The summed E-state index contributed by atoms with van der Waals surface area (Å²) in [4.78, 5) is 14.5. The van der Waals surface area contributed by atoms with Crippen molar-refractivity contribution < 1.29 is 9.90 Å². The second-order valence-electron chi connectivity index (χ2n) is 6.00. The summed E-state index contributed by atoms with van der Waals surface area (Å²) in [5, 5.41) is 12.6. The van der Waals surface area contributed by atoms with Crippen molar-refractivity contribution in [2.45, 2.75) is 45.8 Å². The van der Waals surface area contributed by atoms with E-state index in [4.69, 9.17) is 0 Å². The molecule has 1 aromatic rings. The lowest BCUT2D eigenvalue weighted by atomic mass is 10.0. The fourth-order valence-electron chi connectivity index (χ4n) is 2.80. The summed E-state index contributed by atoms with van der Waals surface area (Å²) >= 11 is 0. The van der Waals surface area contributed by atoms with Crippen molar-refractivity contribution in [3.8, 4) is 0 Å². The van der Waals surface area contributed by atoms with E-state index in [-0.39, 0.29) is 24.0 Å². The van der Waals surface area contributed by atoms with Crippen LogP contribution in [0.1, 0.15) is 32.8 Å². The first kappa shape index (κ1) is 16.0. The zero-order valence-electron chi connectivity index (χ0n) is 13.2. The SMILES string of the molecule is CCc1ccc(NC(=O)C(C)N2CCC(C(C)O)C2)cc1. The third-order valence-electron chi connectivity index (χ3n) is 4.50. The molecule has 1 aromatic carbocycles. The van der Waals surface area contributed by atoms with Crippen LogP contribution in [-0.2, 0) is 11.2 Å². The normalized spacial score (nSPS) is 22.0. The van der Waals surface area contributed by atoms with Gasteiger partial charge < -0.3 is 10.4 Å². The van der Waals surface area contributed by atoms with Crippen LogP contribution in [0.2, 0.25) is 0 Å². The molecular weight excluding hydrogens is 264 g/mol. The third-order valence-corrected chi connectivity index (χ3v) is 4.50. The van der Waals surface area contributed by atoms with Gasteiger partial charge in [0.05, 0.1) is 12.1 Å². The molecule has 1 aliphatic rings. The van der Waals surface area contributed by atoms with Crippen molar-refractivity contribution in [3.63, 3.8) is 0 Å². The van der Waals surface area contributed by atoms with Gasteiger partial charge in [-0.1, -0.05) is 19.1 Å². The molecule has 2 rings (SSSR count). The highest BCUT2D eigenvalue weighted by Crippen LogP contribution is 2.22. The van der Waals surface area contributed by atoms with Crippen LogP contribution in [-0.4, -0.2) is 41.1 Å².